The molecule has 0 saturated carbocycles. The maximum Gasteiger partial charge on any atom is 0.123 e. The smallest absolute Gasteiger partial charge is 0.123 e. The number of benzene rings is 9. The lowest BCUT2D eigenvalue weighted by atomic mass is 10.1. The molecule has 0 radical (unpaired) electrons. The number of nitrogens with zero attached hydrogens (tertiary/aromatic N) is 12. The lowest BCUT2D eigenvalue weighted by molar-refractivity contribution is 0.627. The van der Waals surface area contributed by atoms with Crippen molar-refractivity contribution in [1.29, 1.82) is 0 Å². The zero-order valence-corrected chi connectivity index (χ0v) is 45.1. The first-order chi connectivity index (χ1) is 40.3. The fourth-order valence-corrected chi connectivity index (χ4v) is 10.1. The van der Waals surface area contributed by atoms with Gasteiger partial charge in [-0.05, 0) is 160 Å². The minimum atomic E-state index is -0.263. The Morgan fingerprint density at radius 2 is 0.585 bits per heavy atom. The molecule has 12 nitrogen and oxygen atoms in total. The third kappa shape index (κ3) is 10.2. The Hall–Kier alpha value is -11.1. The second kappa shape index (κ2) is 22.0. The molecular weight excluding hydrogens is 1020 g/mol. The van der Waals surface area contributed by atoms with Crippen molar-refractivity contribution in [3.05, 3.63) is 291 Å². The van der Waals surface area contributed by atoms with Gasteiger partial charge in [0.1, 0.15) is 24.8 Å². The van der Waals surface area contributed by atoms with Crippen molar-refractivity contribution >= 4 is 33.1 Å². The van der Waals surface area contributed by atoms with E-state index in [1.54, 1.807) is 18.3 Å². The summed E-state index contributed by atoms with van der Waals surface area (Å²) in [5.74, 6) is -0.263. The molecule has 0 aliphatic carbocycles. The van der Waals surface area contributed by atoms with Crippen molar-refractivity contribution < 1.29 is 4.39 Å². The lowest BCUT2D eigenvalue weighted by Gasteiger charge is -2.09. The molecule has 6 aromatic heterocycles. The number of rotatable bonds is 9. The molecule has 13 heteroatoms. The van der Waals surface area contributed by atoms with Gasteiger partial charge in [-0.25, -0.2) is 33.4 Å². The standard InChI is InChI=1S/C23H17FN4.2C23H18N4/c1-16-2-7-19(8-3-16)27-15-25-21-11-4-17(14-23(21)27)22-12-13-26-28(22)20-9-5-18(24)6-10-20;1-17-7-10-19(11-8-17)26-16-24-21-12-9-18(15-23(21)26)22-13-14-25-27(22)20-5-3-2-4-6-20;1-17-7-10-20(11-8-17)27-22(13-14-25-27)18-9-12-21-23(15-18)26(16-24-21)19-5-3-2-4-6-19/h2-15H,1H3;2*2-16H,1H3. The van der Waals surface area contributed by atoms with Crippen molar-refractivity contribution in [2.45, 2.75) is 20.8 Å². The van der Waals surface area contributed by atoms with Gasteiger partial charge in [0, 0.05) is 33.8 Å². The number of hydrogen-bond acceptors (Lipinski definition) is 6. The van der Waals surface area contributed by atoms with Crippen LogP contribution in [0.2, 0.25) is 0 Å². The van der Waals surface area contributed by atoms with E-state index < -0.39 is 0 Å². The van der Waals surface area contributed by atoms with Crippen LogP contribution in [0.5, 0.6) is 0 Å². The summed E-state index contributed by atoms with van der Waals surface area (Å²) in [5.41, 5.74) is 22.2. The molecule has 15 aromatic rings. The molecule has 6 heterocycles. The largest absolute Gasteiger partial charge is 0.299 e. The quantitative estimate of drug-likeness (QED) is 0.143. The fourth-order valence-electron chi connectivity index (χ4n) is 10.1. The van der Waals surface area contributed by atoms with Gasteiger partial charge in [-0.15, -0.1) is 0 Å². The van der Waals surface area contributed by atoms with Crippen LogP contribution in [0.25, 0.3) is 101 Å². The second-order valence-corrected chi connectivity index (χ2v) is 20.0. The molecule has 0 spiro atoms. The van der Waals surface area contributed by atoms with E-state index in [4.69, 9.17) is 0 Å². The Bertz CT molecular complexity index is 4640. The Labute approximate surface area is 472 Å². The third-order valence-electron chi connectivity index (χ3n) is 14.5. The van der Waals surface area contributed by atoms with E-state index in [1.807, 2.05) is 112 Å². The number of hydrogen-bond donors (Lipinski definition) is 0. The van der Waals surface area contributed by atoms with Crippen LogP contribution in [0.1, 0.15) is 16.7 Å². The summed E-state index contributed by atoms with van der Waals surface area (Å²) in [4.78, 5) is 13.6. The van der Waals surface area contributed by atoms with Gasteiger partial charge in [0.05, 0.1) is 85.8 Å². The van der Waals surface area contributed by atoms with Crippen LogP contribution in [0.3, 0.4) is 0 Å². The molecule has 0 aliphatic rings. The fraction of sp³-hybridized carbons (Fsp3) is 0.0435. The second-order valence-electron chi connectivity index (χ2n) is 20.0. The van der Waals surface area contributed by atoms with Crippen molar-refractivity contribution in [1.82, 2.24) is 58.0 Å². The van der Waals surface area contributed by atoms with Crippen LogP contribution in [0.15, 0.2) is 268 Å². The van der Waals surface area contributed by atoms with Gasteiger partial charge in [-0.2, -0.15) is 15.3 Å². The maximum absolute atomic E-state index is 13.3. The van der Waals surface area contributed by atoms with E-state index in [9.17, 15) is 4.39 Å². The molecule has 9 aromatic carbocycles. The number of aryl methyl sites for hydroxylation is 3. The summed E-state index contributed by atoms with van der Waals surface area (Å²) in [6.45, 7) is 6.26. The molecule has 0 unspecified atom stereocenters. The summed E-state index contributed by atoms with van der Waals surface area (Å²) in [6.07, 6.45) is 11.0. The zero-order chi connectivity index (χ0) is 55.5. The summed E-state index contributed by atoms with van der Waals surface area (Å²) in [5, 5.41) is 13.5. The topological polar surface area (TPSA) is 107 Å². The average Bonchev–Trinajstić information content (AvgIpc) is 4.59. The summed E-state index contributed by atoms with van der Waals surface area (Å²) < 4.78 is 25.4. The Kier molecular flexibility index (Phi) is 13.5. The first kappa shape index (κ1) is 50.5. The normalized spacial score (nSPS) is 11.2. The summed E-state index contributed by atoms with van der Waals surface area (Å²) in [7, 11) is 0. The highest BCUT2D eigenvalue weighted by Crippen LogP contribution is 2.31. The van der Waals surface area contributed by atoms with Crippen LogP contribution >= 0.6 is 0 Å². The van der Waals surface area contributed by atoms with E-state index in [0.717, 1.165) is 101 Å². The summed E-state index contributed by atoms with van der Waals surface area (Å²) in [6, 6.07) is 76.9. The molecule has 15 rings (SSSR count). The first-order valence-corrected chi connectivity index (χ1v) is 26.9. The SMILES string of the molecule is Cc1ccc(-n2cnc3ccc(-c4ccnn4-c4ccc(F)cc4)cc32)cc1.Cc1ccc(-n2cnc3ccc(-c4ccnn4-c4ccccc4)cc32)cc1.Cc1ccc(-n2nccc2-c2ccc3ncn(-c4ccccc4)c3c2)cc1. The maximum atomic E-state index is 13.3. The third-order valence-corrected chi connectivity index (χ3v) is 14.5. The highest BCUT2D eigenvalue weighted by molar-refractivity contribution is 5.85. The predicted octanol–water partition coefficient (Wildman–Crippen LogP) is 15.7. The monoisotopic (exact) mass is 1070 g/mol. The molecule has 396 valence electrons. The van der Waals surface area contributed by atoms with Crippen LogP contribution in [0.4, 0.5) is 4.39 Å². The van der Waals surface area contributed by atoms with Crippen molar-refractivity contribution in [3.8, 4) is 67.9 Å². The van der Waals surface area contributed by atoms with Crippen molar-refractivity contribution in [3.63, 3.8) is 0 Å². The highest BCUT2D eigenvalue weighted by Gasteiger charge is 2.15. The molecule has 0 aliphatic heterocycles. The van der Waals surface area contributed by atoms with Gasteiger partial charge >= 0.3 is 0 Å². The molecule has 0 amide bonds. The Balaban J connectivity index is 0.000000115. The zero-order valence-electron chi connectivity index (χ0n) is 45.1. The minimum Gasteiger partial charge on any atom is -0.299 e. The highest BCUT2D eigenvalue weighted by atomic mass is 19.1. The van der Waals surface area contributed by atoms with Crippen LogP contribution < -0.4 is 0 Å². The predicted molar refractivity (Wildman–Crippen MR) is 325 cm³/mol. The van der Waals surface area contributed by atoms with Gasteiger partial charge in [0.15, 0.2) is 0 Å². The van der Waals surface area contributed by atoms with Gasteiger partial charge in [0.2, 0.25) is 0 Å². The van der Waals surface area contributed by atoms with Crippen LogP contribution in [0, 0.1) is 26.6 Å². The Morgan fingerprint density at radius 3 is 0.939 bits per heavy atom. The lowest BCUT2D eigenvalue weighted by Crippen LogP contribution is -1.99. The molecule has 0 atom stereocenters. The van der Waals surface area contributed by atoms with Crippen LogP contribution in [-0.2, 0) is 0 Å². The molecule has 0 bridgehead atoms. The number of aromatic nitrogens is 12. The molecule has 0 fully saturated rings. The van der Waals surface area contributed by atoms with E-state index >= 15 is 0 Å². The van der Waals surface area contributed by atoms with Crippen molar-refractivity contribution in [2.75, 3.05) is 0 Å². The molecule has 0 N–H and O–H groups in total. The van der Waals surface area contributed by atoms with Crippen molar-refractivity contribution in [2.24, 2.45) is 0 Å². The molecule has 0 saturated heterocycles. The molecule has 82 heavy (non-hydrogen) atoms. The van der Waals surface area contributed by atoms with E-state index in [-0.39, 0.29) is 5.82 Å². The molecular formula is C69H53FN12. The number of fused-ring (bicyclic) bond motifs is 3. The number of halogens is 1. The number of imidazole rings is 3. The van der Waals surface area contributed by atoms with E-state index in [1.165, 1.54) is 28.8 Å². The average molecular weight is 1070 g/mol. The van der Waals surface area contributed by atoms with E-state index in [2.05, 4.69) is 204 Å². The minimum absolute atomic E-state index is 0.263. The van der Waals surface area contributed by atoms with E-state index in [0.29, 0.717) is 0 Å². The summed E-state index contributed by atoms with van der Waals surface area (Å²) >= 11 is 0. The van der Waals surface area contributed by atoms with Gasteiger partial charge in [-0.3, -0.25) is 13.7 Å². The van der Waals surface area contributed by atoms with Crippen LogP contribution in [-0.4, -0.2) is 58.0 Å². The van der Waals surface area contributed by atoms with Gasteiger partial charge < -0.3 is 0 Å². The Morgan fingerprint density at radius 1 is 0.293 bits per heavy atom. The van der Waals surface area contributed by atoms with Gasteiger partial charge in [0.25, 0.3) is 0 Å². The number of para-hydroxylation sites is 2. The first-order valence-electron chi connectivity index (χ1n) is 26.9. The van der Waals surface area contributed by atoms with Gasteiger partial charge in [-0.1, -0.05) is 108 Å².